The number of rotatable bonds is 7. The predicted octanol–water partition coefficient (Wildman–Crippen LogP) is 3.65. The van der Waals surface area contributed by atoms with E-state index in [2.05, 4.69) is 15.6 Å². The van der Waals surface area contributed by atoms with Crippen molar-refractivity contribution in [3.05, 3.63) is 118 Å². The number of nitrogens with one attached hydrogen (secondary N) is 2. The van der Waals surface area contributed by atoms with Gasteiger partial charge in [-0.3, -0.25) is 24.2 Å². The number of pyridine rings is 2. The highest BCUT2D eigenvalue weighted by atomic mass is 19.1. The van der Waals surface area contributed by atoms with E-state index in [1.54, 1.807) is 14.0 Å². The molecule has 1 atom stereocenters. The van der Waals surface area contributed by atoms with Crippen molar-refractivity contribution in [1.29, 1.82) is 0 Å². The maximum Gasteiger partial charge on any atom is 0.281 e. The van der Waals surface area contributed by atoms with Gasteiger partial charge in [0, 0.05) is 23.5 Å². The number of carbonyl (C=O) groups excluding carboxylic acids is 3. The largest absolute Gasteiger partial charge is 0.320 e. The van der Waals surface area contributed by atoms with Crippen molar-refractivity contribution >= 4 is 23.3 Å². The quantitative estimate of drug-likeness (QED) is 0.363. The molecule has 10 heteroatoms. The number of benzene rings is 2. The number of ketones is 1. The first-order valence-electron chi connectivity index (χ1n) is 11.5. The number of nitrogens with zero attached hydrogens (tertiary/aromatic N) is 2. The summed E-state index contributed by atoms with van der Waals surface area (Å²) in [6.45, 7) is 1.60. The van der Waals surface area contributed by atoms with E-state index in [-0.39, 0.29) is 28.1 Å². The van der Waals surface area contributed by atoms with Gasteiger partial charge in [-0.05, 0) is 86.3 Å². The number of anilines is 1. The van der Waals surface area contributed by atoms with E-state index in [9.17, 15) is 28.0 Å². The van der Waals surface area contributed by atoms with Gasteiger partial charge in [0.25, 0.3) is 11.5 Å². The molecule has 0 bridgehead atoms. The van der Waals surface area contributed by atoms with E-state index < -0.39 is 40.8 Å². The van der Waals surface area contributed by atoms with Gasteiger partial charge in [0.2, 0.25) is 5.91 Å². The molecule has 4 rings (SSSR count). The molecular weight excluding hydrogens is 494 g/mol. The van der Waals surface area contributed by atoms with E-state index in [0.717, 1.165) is 16.7 Å². The van der Waals surface area contributed by atoms with Crippen molar-refractivity contribution < 1.29 is 23.2 Å². The summed E-state index contributed by atoms with van der Waals surface area (Å²) in [5.74, 6) is -2.83. The van der Waals surface area contributed by atoms with Crippen LogP contribution in [0.25, 0.3) is 11.3 Å². The number of halogens is 2. The molecule has 0 spiro atoms. The second-order valence-electron chi connectivity index (χ2n) is 8.38. The Balaban J connectivity index is 1.81. The summed E-state index contributed by atoms with van der Waals surface area (Å²) in [5.41, 5.74) is -0.335. The van der Waals surface area contributed by atoms with E-state index in [1.807, 2.05) is 0 Å². The highest BCUT2D eigenvalue weighted by Gasteiger charge is 2.22. The van der Waals surface area contributed by atoms with E-state index in [0.29, 0.717) is 5.56 Å². The third kappa shape index (κ3) is 5.45. The molecule has 0 saturated heterocycles. The smallest absolute Gasteiger partial charge is 0.281 e. The Morgan fingerprint density at radius 2 is 1.45 bits per heavy atom. The lowest BCUT2D eigenvalue weighted by Gasteiger charge is -2.16. The highest BCUT2D eigenvalue weighted by molar-refractivity contribution is 6.10. The summed E-state index contributed by atoms with van der Waals surface area (Å²) in [5, 5.41) is 5.26. The summed E-state index contributed by atoms with van der Waals surface area (Å²) in [6.07, 6.45) is 2.45. The van der Waals surface area contributed by atoms with Crippen LogP contribution in [0.4, 0.5) is 14.5 Å². The van der Waals surface area contributed by atoms with Crippen LogP contribution >= 0.6 is 0 Å². The summed E-state index contributed by atoms with van der Waals surface area (Å²) < 4.78 is 27.7. The first-order chi connectivity index (χ1) is 18.2. The maximum absolute atomic E-state index is 13.7. The third-order valence-electron chi connectivity index (χ3n) is 5.86. The Bertz CT molecular complexity index is 1580. The van der Waals surface area contributed by atoms with Crippen LogP contribution in [-0.2, 0) is 4.79 Å². The van der Waals surface area contributed by atoms with Crippen LogP contribution < -0.4 is 16.2 Å². The van der Waals surface area contributed by atoms with Crippen LogP contribution in [0.1, 0.15) is 33.2 Å². The van der Waals surface area contributed by atoms with Gasteiger partial charge < -0.3 is 10.6 Å². The summed E-state index contributed by atoms with van der Waals surface area (Å²) in [7, 11) is 1.58. The van der Waals surface area contributed by atoms with Gasteiger partial charge in [0.15, 0.2) is 5.78 Å². The Kier molecular flexibility index (Phi) is 7.63. The molecule has 0 fully saturated rings. The number of aromatic nitrogens is 2. The minimum absolute atomic E-state index is 0.0474. The number of hydrogen-bond acceptors (Lipinski definition) is 6. The fourth-order valence-corrected chi connectivity index (χ4v) is 3.63. The van der Waals surface area contributed by atoms with Crippen molar-refractivity contribution in [1.82, 2.24) is 14.9 Å². The summed E-state index contributed by atoms with van der Waals surface area (Å²) >= 11 is 0. The second-order valence-corrected chi connectivity index (χ2v) is 8.38. The Hall–Kier alpha value is -4.83. The van der Waals surface area contributed by atoms with Crippen LogP contribution in [0.15, 0.2) is 83.9 Å². The lowest BCUT2D eigenvalue weighted by atomic mass is 10.0. The van der Waals surface area contributed by atoms with Gasteiger partial charge in [-0.25, -0.2) is 13.3 Å². The molecule has 192 valence electrons. The van der Waals surface area contributed by atoms with Crippen LogP contribution in [-0.4, -0.2) is 40.2 Å². The molecule has 2 heterocycles. The van der Waals surface area contributed by atoms with Gasteiger partial charge in [-0.1, -0.05) is 0 Å². The van der Waals surface area contributed by atoms with Crippen LogP contribution in [0.3, 0.4) is 0 Å². The van der Waals surface area contributed by atoms with Crippen molar-refractivity contribution in [2.24, 2.45) is 0 Å². The maximum atomic E-state index is 13.7. The Morgan fingerprint density at radius 1 is 0.842 bits per heavy atom. The van der Waals surface area contributed by atoms with Crippen LogP contribution in [0.5, 0.6) is 0 Å². The first kappa shape index (κ1) is 26.2. The van der Waals surface area contributed by atoms with Gasteiger partial charge in [-0.15, -0.1) is 0 Å². The zero-order chi connectivity index (χ0) is 27.4. The summed E-state index contributed by atoms with van der Waals surface area (Å²) in [4.78, 5) is 56.4. The van der Waals surface area contributed by atoms with Crippen molar-refractivity contribution in [3.8, 4) is 11.3 Å². The number of likely N-dealkylation sites (N-methyl/N-ethyl adjacent to an activating group) is 1. The van der Waals surface area contributed by atoms with E-state index in [4.69, 9.17) is 0 Å². The second kappa shape index (κ2) is 11.1. The first-order valence-corrected chi connectivity index (χ1v) is 11.5. The number of carbonyl (C=O) groups is 3. The van der Waals surface area contributed by atoms with E-state index >= 15 is 0 Å². The molecule has 8 nitrogen and oxygen atoms in total. The Morgan fingerprint density at radius 3 is 2.08 bits per heavy atom. The van der Waals surface area contributed by atoms with Gasteiger partial charge in [-0.2, -0.15) is 0 Å². The lowest BCUT2D eigenvalue weighted by molar-refractivity contribution is -0.117. The monoisotopic (exact) mass is 516 g/mol. The van der Waals surface area contributed by atoms with Gasteiger partial charge in [0.1, 0.15) is 17.3 Å². The predicted molar refractivity (Wildman–Crippen MR) is 137 cm³/mol. The normalized spacial score (nSPS) is 11.6. The zero-order valence-corrected chi connectivity index (χ0v) is 20.4. The molecule has 0 aliphatic heterocycles. The molecule has 1 amide bonds. The highest BCUT2D eigenvalue weighted by Crippen LogP contribution is 2.22. The fourth-order valence-electron chi connectivity index (χ4n) is 3.63. The molecule has 0 unspecified atom stereocenters. The molecule has 0 aliphatic rings. The van der Waals surface area contributed by atoms with Crippen molar-refractivity contribution in [2.75, 3.05) is 12.4 Å². The molecule has 0 aliphatic carbocycles. The molecule has 0 radical (unpaired) electrons. The van der Waals surface area contributed by atoms with Gasteiger partial charge >= 0.3 is 0 Å². The molecule has 38 heavy (non-hydrogen) atoms. The minimum Gasteiger partial charge on any atom is -0.320 e. The zero-order valence-electron chi connectivity index (χ0n) is 20.4. The minimum atomic E-state index is -0.830. The van der Waals surface area contributed by atoms with Gasteiger partial charge in [0.05, 0.1) is 17.3 Å². The number of hydrogen-bond donors (Lipinski definition) is 2. The Labute approximate surface area is 216 Å². The topological polar surface area (TPSA) is 110 Å². The van der Waals surface area contributed by atoms with E-state index in [1.165, 1.54) is 67.0 Å². The van der Waals surface area contributed by atoms with Crippen LogP contribution in [0.2, 0.25) is 0 Å². The fraction of sp³-hybridized carbons (Fsp3) is 0.107. The molecule has 2 aromatic carbocycles. The third-order valence-corrected chi connectivity index (χ3v) is 5.86. The van der Waals surface area contributed by atoms with Crippen LogP contribution in [0, 0.1) is 11.6 Å². The molecular formula is C28H22F2N4O4. The standard InChI is InChI=1S/C28H22F2N4O4/c1-16(31-2)26(36)33-23-11-12-24(17-3-7-21(29)8-4-17)34(28(23)38)27(37)20-13-19(14-32-15-20)25(35)18-5-9-22(30)10-6-18/h3-16,31H,1-2H3,(H,33,36)/t16-/m0/s1. The lowest BCUT2D eigenvalue weighted by Crippen LogP contribution is -2.38. The SMILES string of the molecule is CN[C@@H](C)C(=O)Nc1ccc(-c2ccc(F)cc2)n(C(=O)c2cncc(C(=O)c3ccc(F)cc3)c2)c1=O. The molecule has 0 saturated carbocycles. The number of amides is 1. The average molecular weight is 517 g/mol. The summed E-state index contributed by atoms with van der Waals surface area (Å²) in [6, 6.07) is 13.5. The molecule has 2 N–H and O–H groups in total. The average Bonchev–Trinajstić information content (AvgIpc) is 2.93. The van der Waals surface area contributed by atoms with Crippen molar-refractivity contribution in [3.63, 3.8) is 0 Å². The molecule has 4 aromatic rings. The molecule has 2 aromatic heterocycles. The van der Waals surface area contributed by atoms with Crippen molar-refractivity contribution in [2.45, 2.75) is 13.0 Å².